The molecular weight excluding hydrogens is 452 g/mol. The maximum absolute atomic E-state index is 4.74. The second-order valence-electron chi connectivity index (χ2n) is 8.77. The second-order valence-corrected chi connectivity index (χ2v) is 8.77. The monoisotopic (exact) mass is 477 g/mol. The molecule has 0 saturated heterocycles. The summed E-state index contributed by atoms with van der Waals surface area (Å²) in [6.07, 6.45) is 12.1. The van der Waals surface area contributed by atoms with E-state index in [9.17, 15) is 0 Å². The van der Waals surface area contributed by atoms with Gasteiger partial charge in [-0.1, -0.05) is 30.3 Å². The number of aromatic nitrogens is 10. The van der Waals surface area contributed by atoms with Gasteiger partial charge in [0.1, 0.15) is 22.8 Å². The van der Waals surface area contributed by atoms with E-state index in [1.54, 1.807) is 6.20 Å². The van der Waals surface area contributed by atoms with Gasteiger partial charge in [-0.3, -0.25) is 0 Å². The van der Waals surface area contributed by atoms with Crippen LogP contribution in [0.15, 0.2) is 61.3 Å². The molecule has 1 aromatic carbocycles. The highest BCUT2D eigenvalue weighted by molar-refractivity contribution is 5.67. The smallest absolute Gasteiger partial charge is 0.176 e. The number of rotatable bonds is 5. The predicted molar refractivity (Wildman–Crippen MR) is 136 cm³/mol. The van der Waals surface area contributed by atoms with Crippen LogP contribution in [-0.4, -0.2) is 47.8 Å². The number of aryl methyl sites for hydroxylation is 1. The summed E-state index contributed by atoms with van der Waals surface area (Å²) in [6.45, 7) is 0. The van der Waals surface area contributed by atoms with Gasteiger partial charge in [-0.05, 0) is 5.56 Å². The average Bonchev–Trinajstić information content (AvgIpc) is 3.69. The maximum atomic E-state index is 4.74. The fraction of sp³-hybridized carbons (Fsp3) is 0.192. The Morgan fingerprint density at radius 1 is 0.500 bits per heavy atom. The van der Waals surface area contributed by atoms with Crippen molar-refractivity contribution in [3.05, 3.63) is 67.6 Å². The lowest BCUT2D eigenvalue weighted by Crippen LogP contribution is -2.05. The van der Waals surface area contributed by atoms with Crippen LogP contribution in [0.5, 0.6) is 0 Å². The van der Waals surface area contributed by atoms with Gasteiger partial charge in [0.15, 0.2) is 29.6 Å². The quantitative estimate of drug-likeness (QED) is 0.379. The highest BCUT2D eigenvalue weighted by Gasteiger charge is 2.22. The van der Waals surface area contributed by atoms with Gasteiger partial charge in [0.25, 0.3) is 0 Å². The summed E-state index contributed by atoms with van der Waals surface area (Å²) >= 11 is 0. The molecule has 0 N–H and O–H groups in total. The highest BCUT2D eigenvalue weighted by Crippen LogP contribution is 2.31. The summed E-state index contributed by atoms with van der Waals surface area (Å²) in [4.78, 5) is 22.9. The van der Waals surface area contributed by atoms with Crippen molar-refractivity contribution in [1.29, 1.82) is 0 Å². The predicted octanol–water partition coefficient (Wildman–Crippen LogP) is 3.49. The third-order valence-corrected chi connectivity index (χ3v) is 6.69. The fourth-order valence-electron chi connectivity index (χ4n) is 4.62. The third kappa shape index (κ3) is 3.22. The lowest BCUT2D eigenvalue weighted by Gasteiger charge is -2.10. The molecule has 0 bridgehead atoms. The minimum Gasteiger partial charge on any atom is -0.326 e. The Morgan fingerprint density at radius 3 is 1.36 bits per heavy atom. The standard InChI is InChI=1S/C26H25N10/c1-32-16-27-11-19(32)23-29-13-21(34(23)3)25-31-15-22(36(25)5)26-30-14-20(35(26)4)24-28-12-18(33(24)2)17-9-7-6-8-10-17/h6-15H,1-5H3. The first kappa shape index (κ1) is 21.8. The molecule has 0 fully saturated rings. The molecule has 10 heteroatoms. The Bertz CT molecular complexity index is 1690. The Hall–Kier alpha value is -4.73. The van der Waals surface area contributed by atoms with Crippen LogP contribution < -0.4 is 0 Å². The minimum atomic E-state index is 0.797. The van der Waals surface area contributed by atoms with E-state index in [-0.39, 0.29) is 0 Å². The molecule has 0 aliphatic heterocycles. The van der Waals surface area contributed by atoms with Crippen LogP contribution in [0.2, 0.25) is 0 Å². The van der Waals surface area contributed by atoms with Crippen molar-refractivity contribution in [2.24, 2.45) is 35.2 Å². The van der Waals surface area contributed by atoms with Gasteiger partial charge in [0.2, 0.25) is 0 Å². The van der Waals surface area contributed by atoms with Crippen molar-refractivity contribution < 1.29 is 0 Å². The SMILES string of the molecule is Cn1[c]ncc1-c1ncc(-c2ncc(-c3ncc(-c4ncc(-c5ccccc5)n4C)n3C)n2C)n1C. The van der Waals surface area contributed by atoms with E-state index in [0.29, 0.717) is 0 Å². The molecule has 0 spiro atoms. The van der Waals surface area contributed by atoms with E-state index in [1.165, 1.54) is 0 Å². The number of imidazole rings is 5. The summed E-state index contributed by atoms with van der Waals surface area (Å²) in [6, 6.07) is 10.3. The van der Waals surface area contributed by atoms with Crippen LogP contribution in [0.25, 0.3) is 57.3 Å². The molecule has 6 rings (SSSR count). The largest absolute Gasteiger partial charge is 0.326 e. The van der Waals surface area contributed by atoms with Gasteiger partial charge < -0.3 is 22.8 Å². The summed E-state index contributed by atoms with van der Waals surface area (Å²) in [5.41, 5.74) is 5.77. The van der Waals surface area contributed by atoms with Crippen LogP contribution in [-0.2, 0) is 35.2 Å². The van der Waals surface area contributed by atoms with Crippen LogP contribution in [0, 0.1) is 6.33 Å². The fourth-order valence-corrected chi connectivity index (χ4v) is 4.62. The van der Waals surface area contributed by atoms with Gasteiger partial charge in [-0.2, -0.15) is 0 Å². The molecule has 5 aromatic heterocycles. The van der Waals surface area contributed by atoms with Gasteiger partial charge in [0, 0.05) is 35.2 Å². The Balaban J connectivity index is 1.37. The summed E-state index contributed by atoms with van der Waals surface area (Å²) in [5.74, 6) is 3.25. The van der Waals surface area contributed by atoms with Crippen molar-refractivity contribution >= 4 is 0 Å². The number of nitrogens with zero attached hydrogens (tertiary/aromatic N) is 10. The molecular formula is C26H25N10. The van der Waals surface area contributed by atoms with Gasteiger partial charge >= 0.3 is 0 Å². The molecule has 0 atom stereocenters. The van der Waals surface area contributed by atoms with Gasteiger partial charge in [-0.15, -0.1) is 0 Å². The summed E-state index contributed by atoms with van der Waals surface area (Å²) in [5, 5.41) is 0. The molecule has 0 saturated carbocycles. The maximum Gasteiger partial charge on any atom is 0.176 e. The van der Waals surface area contributed by atoms with Crippen LogP contribution >= 0.6 is 0 Å². The first-order chi connectivity index (χ1) is 17.5. The average molecular weight is 478 g/mol. The molecule has 179 valence electrons. The van der Waals surface area contributed by atoms with E-state index in [1.807, 2.05) is 91.9 Å². The van der Waals surface area contributed by atoms with Gasteiger partial charge in [-0.25, -0.2) is 24.9 Å². The first-order valence-electron chi connectivity index (χ1n) is 11.5. The normalized spacial score (nSPS) is 11.5. The summed E-state index contributed by atoms with van der Waals surface area (Å²) in [7, 11) is 9.90. The van der Waals surface area contributed by atoms with Crippen LogP contribution in [0.4, 0.5) is 0 Å². The van der Waals surface area contributed by atoms with Crippen molar-refractivity contribution in [3.8, 4) is 57.3 Å². The van der Waals surface area contributed by atoms with Crippen molar-refractivity contribution in [2.75, 3.05) is 0 Å². The lowest BCUT2D eigenvalue weighted by molar-refractivity contribution is 0.840. The van der Waals surface area contributed by atoms with Crippen LogP contribution in [0.3, 0.4) is 0 Å². The van der Waals surface area contributed by atoms with E-state index >= 15 is 0 Å². The zero-order valence-corrected chi connectivity index (χ0v) is 20.7. The van der Waals surface area contributed by atoms with Crippen molar-refractivity contribution in [3.63, 3.8) is 0 Å². The molecule has 36 heavy (non-hydrogen) atoms. The zero-order chi connectivity index (χ0) is 25.0. The Kier molecular flexibility index (Phi) is 4.96. The minimum absolute atomic E-state index is 0.797. The van der Waals surface area contributed by atoms with E-state index in [2.05, 4.69) is 37.6 Å². The number of hydrogen-bond acceptors (Lipinski definition) is 5. The molecule has 10 nitrogen and oxygen atoms in total. The highest BCUT2D eigenvalue weighted by atomic mass is 15.2. The zero-order valence-electron chi connectivity index (χ0n) is 20.7. The van der Waals surface area contributed by atoms with E-state index in [4.69, 9.17) is 15.0 Å². The molecule has 0 aliphatic carbocycles. The topological polar surface area (TPSA) is 89.1 Å². The Labute approximate surface area is 208 Å². The summed E-state index contributed by atoms with van der Waals surface area (Å²) < 4.78 is 10.0. The Morgan fingerprint density at radius 2 is 0.917 bits per heavy atom. The lowest BCUT2D eigenvalue weighted by atomic mass is 10.2. The van der Waals surface area contributed by atoms with Gasteiger partial charge in [0.05, 0.1) is 36.7 Å². The molecule has 1 radical (unpaired) electrons. The second kappa shape index (κ2) is 8.19. The van der Waals surface area contributed by atoms with E-state index < -0.39 is 0 Å². The van der Waals surface area contributed by atoms with E-state index in [0.717, 1.165) is 57.3 Å². The third-order valence-electron chi connectivity index (χ3n) is 6.69. The number of hydrogen-bond donors (Lipinski definition) is 0. The first-order valence-corrected chi connectivity index (χ1v) is 11.5. The van der Waals surface area contributed by atoms with Crippen molar-refractivity contribution in [2.45, 2.75) is 0 Å². The van der Waals surface area contributed by atoms with Crippen LogP contribution in [0.1, 0.15) is 0 Å². The number of benzene rings is 1. The molecule has 0 unspecified atom stereocenters. The molecule has 0 aliphatic rings. The van der Waals surface area contributed by atoms with Crippen molar-refractivity contribution in [1.82, 2.24) is 47.8 Å². The molecule has 6 aromatic rings. The molecule has 0 amide bonds. The molecule has 5 heterocycles.